The van der Waals surface area contributed by atoms with Crippen molar-refractivity contribution in [1.82, 2.24) is 0 Å². The second-order valence-electron chi connectivity index (χ2n) is 5.62. The molecule has 0 aromatic heterocycles. The number of ether oxygens (including phenoxy) is 3. The number of hydrogen-bond acceptors (Lipinski definition) is 4. The normalized spacial score (nSPS) is 10.2. The molecular weight excluding hydrogens is 334 g/mol. The molecule has 0 saturated heterocycles. The fourth-order valence-electron chi connectivity index (χ4n) is 2.51. The summed E-state index contributed by atoms with van der Waals surface area (Å²) in [6, 6.07) is 11.9. The summed E-state index contributed by atoms with van der Waals surface area (Å²) in [5.74, 6) is 1.63. The number of anilines is 1. The van der Waals surface area contributed by atoms with Crippen LogP contribution in [0.5, 0.6) is 11.5 Å². The molecule has 0 saturated carbocycles. The monoisotopic (exact) mass is 359 g/mol. The molecule has 0 spiro atoms. The predicted molar refractivity (Wildman–Crippen MR) is 106 cm³/mol. The van der Waals surface area contributed by atoms with Gasteiger partial charge in [0.05, 0.1) is 24.5 Å². The summed E-state index contributed by atoms with van der Waals surface area (Å²) in [5.41, 5.74) is 4.05. The van der Waals surface area contributed by atoms with Gasteiger partial charge < -0.3 is 19.5 Å². The Hall–Kier alpha value is -2.27. The zero-order valence-electron chi connectivity index (χ0n) is 15.2. The second kappa shape index (κ2) is 9.28. The summed E-state index contributed by atoms with van der Waals surface area (Å²) in [6.45, 7) is 9.44. The van der Waals surface area contributed by atoms with Gasteiger partial charge in [-0.25, -0.2) is 0 Å². The van der Waals surface area contributed by atoms with E-state index in [1.807, 2.05) is 51.1 Å². The average molecular weight is 359 g/mol. The first-order valence-electron chi connectivity index (χ1n) is 8.43. The lowest BCUT2D eigenvalue weighted by Crippen LogP contribution is -2.15. The molecule has 0 bridgehead atoms. The second-order valence-corrected chi connectivity index (χ2v) is 5.99. The quantitative estimate of drug-likeness (QED) is 0.703. The van der Waals surface area contributed by atoms with Crippen LogP contribution in [-0.4, -0.2) is 18.4 Å². The van der Waals surface area contributed by atoms with Crippen molar-refractivity contribution in [2.75, 3.05) is 18.5 Å². The molecule has 0 radical (unpaired) electrons. The van der Waals surface area contributed by atoms with Crippen molar-refractivity contribution < 1.29 is 14.2 Å². The van der Waals surface area contributed by atoms with Gasteiger partial charge in [0.2, 0.25) is 0 Å². The number of hydrogen-bond donors (Lipinski definition) is 1. The lowest BCUT2D eigenvalue weighted by atomic mass is 10.1. The first-order valence-corrected chi connectivity index (χ1v) is 8.84. The topological polar surface area (TPSA) is 39.7 Å². The molecule has 2 aromatic rings. The summed E-state index contributed by atoms with van der Waals surface area (Å²) in [6.07, 6.45) is 0. The molecule has 0 aliphatic heterocycles. The number of rotatable bonds is 7. The average Bonchev–Trinajstić information content (AvgIpc) is 2.56. The molecule has 25 heavy (non-hydrogen) atoms. The molecule has 4 nitrogen and oxygen atoms in total. The van der Waals surface area contributed by atoms with Gasteiger partial charge >= 0.3 is 0 Å². The Kier molecular flexibility index (Phi) is 7.07. The first-order chi connectivity index (χ1) is 12.0. The van der Waals surface area contributed by atoms with Gasteiger partial charge in [-0.05, 0) is 63.7 Å². The Balaban J connectivity index is 2.24. The summed E-state index contributed by atoms with van der Waals surface area (Å²) >= 11 is 5.20. The minimum absolute atomic E-state index is 0.337. The SMILES string of the molecule is CCOC(=S)Nc1cccc(OCC)c1COc1ccc(C)cc1C. The van der Waals surface area contributed by atoms with Crippen molar-refractivity contribution in [3.05, 3.63) is 53.1 Å². The lowest BCUT2D eigenvalue weighted by molar-refractivity contribution is 0.285. The standard InChI is InChI=1S/C20H25NO3S/c1-5-22-19-9-7-8-17(21-20(25)23-6-2)16(19)13-24-18-11-10-14(3)12-15(18)4/h7-12H,5-6,13H2,1-4H3,(H,21,25). The highest BCUT2D eigenvalue weighted by atomic mass is 32.1. The molecular formula is C20H25NO3S. The molecule has 0 heterocycles. The van der Waals surface area contributed by atoms with Crippen molar-refractivity contribution in [3.63, 3.8) is 0 Å². The Morgan fingerprint density at radius 3 is 2.48 bits per heavy atom. The van der Waals surface area contributed by atoms with Crippen LogP contribution in [0, 0.1) is 13.8 Å². The molecule has 0 fully saturated rings. The van der Waals surface area contributed by atoms with Gasteiger partial charge in [-0.1, -0.05) is 23.8 Å². The molecule has 1 N–H and O–H groups in total. The Morgan fingerprint density at radius 1 is 1.00 bits per heavy atom. The van der Waals surface area contributed by atoms with E-state index < -0.39 is 0 Å². The van der Waals surface area contributed by atoms with E-state index in [4.69, 9.17) is 26.4 Å². The minimum Gasteiger partial charge on any atom is -0.493 e. The lowest BCUT2D eigenvalue weighted by Gasteiger charge is -2.18. The number of benzene rings is 2. The van der Waals surface area contributed by atoms with E-state index in [0.29, 0.717) is 25.0 Å². The Labute approximate surface area is 155 Å². The molecule has 0 amide bonds. The number of nitrogens with one attached hydrogen (secondary N) is 1. The van der Waals surface area contributed by atoms with Gasteiger partial charge in [-0.15, -0.1) is 0 Å². The summed E-state index contributed by atoms with van der Waals surface area (Å²) in [5, 5.41) is 3.46. The van der Waals surface area contributed by atoms with Crippen LogP contribution in [0.2, 0.25) is 0 Å². The Morgan fingerprint density at radius 2 is 1.80 bits per heavy atom. The molecule has 5 heteroatoms. The third-order valence-electron chi connectivity index (χ3n) is 3.65. The van der Waals surface area contributed by atoms with Crippen LogP contribution in [-0.2, 0) is 11.3 Å². The fraction of sp³-hybridized carbons (Fsp3) is 0.350. The van der Waals surface area contributed by atoms with Gasteiger partial charge in [-0.3, -0.25) is 0 Å². The van der Waals surface area contributed by atoms with Crippen molar-refractivity contribution in [2.45, 2.75) is 34.3 Å². The smallest absolute Gasteiger partial charge is 0.261 e. The third kappa shape index (κ3) is 5.36. The highest BCUT2D eigenvalue weighted by Gasteiger charge is 2.13. The van der Waals surface area contributed by atoms with E-state index in [-0.39, 0.29) is 0 Å². The number of aryl methyl sites for hydroxylation is 2. The van der Waals surface area contributed by atoms with Crippen molar-refractivity contribution >= 4 is 23.1 Å². The summed E-state index contributed by atoms with van der Waals surface area (Å²) in [7, 11) is 0. The van der Waals surface area contributed by atoms with Gasteiger partial charge in [0.15, 0.2) is 0 Å². The van der Waals surface area contributed by atoms with Gasteiger partial charge in [-0.2, -0.15) is 0 Å². The van der Waals surface area contributed by atoms with E-state index in [9.17, 15) is 0 Å². The first kappa shape index (κ1) is 19.1. The predicted octanol–water partition coefficient (Wildman–Crippen LogP) is 5.01. The zero-order chi connectivity index (χ0) is 18.2. The minimum atomic E-state index is 0.337. The van der Waals surface area contributed by atoms with E-state index >= 15 is 0 Å². The molecule has 0 atom stereocenters. The fourth-order valence-corrected chi connectivity index (χ4v) is 2.74. The van der Waals surface area contributed by atoms with Gasteiger partial charge in [0.25, 0.3) is 5.17 Å². The van der Waals surface area contributed by atoms with E-state index in [1.54, 1.807) is 0 Å². The van der Waals surface area contributed by atoms with Crippen molar-refractivity contribution in [2.24, 2.45) is 0 Å². The zero-order valence-corrected chi connectivity index (χ0v) is 16.0. The molecule has 134 valence electrons. The Bertz CT molecular complexity index is 731. The maximum atomic E-state index is 6.04. The van der Waals surface area contributed by atoms with Crippen LogP contribution in [0.25, 0.3) is 0 Å². The van der Waals surface area contributed by atoms with Crippen LogP contribution in [0.1, 0.15) is 30.5 Å². The van der Waals surface area contributed by atoms with Crippen LogP contribution < -0.4 is 14.8 Å². The highest BCUT2D eigenvalue weighted by Crippen LogP contribution is 2.29. The molecule has 2 rings (SSSR count). The van der Waals surface area contributed by atoms with Crippen LogP contribution in [0.3, 0.4) is 0 Å². The van der Waals surface area contributed by atoms with Crippen molar-refractivity contribution in [3.8, 4) is 11.5 Å². The third-order valence-corrected chi connectivity index (χ3v) is 3.87. The summed E-state index contributed by atoms with van der Waals surface area (Å²) < 4.78 is 17.1. The van der Waals surface area contributed by atoms with Crippen LogP contribution in [0.15, 0.2) is 36.4 Å². The summed E-state index contributed by atoms with van der Waals surface area (Å²) in [4.78, 5) is 0. The molecule has 2 aromatic carbocycles. The van der Waals surface area contributed by atoms with Gasteiger partial charge in [0, 0.05) is 0 Å². The van der Waals surface area contributed by atoms with Crippen LogP contribution >= 0.6 is 12.2 Å². The number of thiocarbonyl (C=S) groups is 1. The van der Waals surface area contributed by atoms with Crippen molar-refractivity contribution in [1.29, 1.82) is 0 Å². The molecule has 0 aliphatic rings. The highest BCUT2D eigenvalue weighted by molar-refractivity contribution is 7.80. The van der Waals surface area contributed by atoms with E-state index in [2.05, 4.69) is 18.3 Å². The van der Waals surface area contributed by atoms with Gasteiger partial charge in [0.1, 0.15) is 18.1 Å². The largest absolute Gasteiger partial charge is 0.493 e. The molecule has 0 unspecified atom stereocenters. The van der Waals surface area contributed by atoms with E-state index in [1.165, 1.54) is 5.56 Å². The maximum absolute atomic E-state index is 6.04. The van der Waals surface area contributed by atoms with E-state index in [0.717, 1.165) is 28.3 Å². The maximum Gasteiger partial charge on any atom is 0.261 e. The molecule has 0 aliphatic carbocycles. The van der Waals surface area contributed by atoms with Crippen LogP contribution in [0.4, 0.5) is 5.69 Å².